The first-order valence-electron chi connectivity index (χ1n) is 6.52. The Morgan fingerprint density at radius 3 is 2.67 bits per heavy atom. The standard InChI is InChI=1S/C17H19N/c1-2-3-4-7-12-18-14-15-10-11-16-8-5-6-9-17(16)13-15/h1,5-6,8-11,13,18H,3-4,7,12,14H2. The van der Waals surface area contributed by atoms with E-state index >= 15 is 0 Å². The van der Waals surface area contributed by atoms with Crippen molar-refractivity contribution in [3.8, 4) is 12.3 Å². The second-order valence-corrected chi connectivity index (χ2v) is 4.52. The van der Waals surface area contributed by atoms with Gasteiger partial charge in [-0.3, -0.25) is 0 Å². The van der Waals surface area contributed by atoms with Gasteiger partial charge in [0.1, 0.15) is 0 Å². The second-order valence-electron chi connectivity index (χ2n) is 4.52. The largest absolute Gasteiger partial charge is 0.313 e. The minimum Gasteiger partial charge on any atom is -0.313 e. The molecule has 0 bridgehead atoms. The van der Waals surface area contributed by atoms with E-state index in [1.165, 1.54) is 16.3 Å². The maximum Gasteiger partial charge on any atom is 0.0205 e. The van der Waals surface area contributed by atoms with E-state index < -0.39 is 0 Å². The minimum atomic E-state index is 0.887. The van der Waals surface area contributed by atoms with Gasteiger partial charge in [-0.1, -0.05) is 36.4 Å². The van der Waals surface area contributed by atoms with Crippen molar-refractivity contribution in [3.05, 3.63) is 48.0 Å². The number of terminal acetylenes is 1. The molecule has 0 amide bonds. The van der Waals surface area contributed by atoms with E-state index in [0.29, 0.717) is 0 Å². The van der Waals surface area contributed by atoms with Gasteiger partial charge in [0, 0.05) is 13.0 Å². The Morgan fingerprint density at radius 1 is 1.00 bits per heavy atom. The molecular weight excluding hydrogens is 218 g/mol. The lowest BCUT2D eigenvalue weighted by Gasteiger charge is -2.05. The van der Waals surface area contributed by atoms with Gasteiger partial charge in [0.25, 0.3) is 0 Å². The zero-order valence-electron chi connectivity index (χ0n) is 10.7. The van der Waals surface area contributed by atoms with Crippen molar-refractivity contribution in [2.45, 2.75) is 25.8 Å². The van der Waals surface area contributed by atoms with Crippen LogP contribution < -0.4 is 5.32 Å². The van der Waals surface area contributed by atoms with E-state index in [2.05, 4.69) is 53.7 Å². The molecule has 92 valence electrons. The topological polar surface area (TPSA) is 12.0 Å². The number of hydrogen-bond acceptors (Lipinski definition) is 1. The zero-order chi connectivity index (χ0) is 12.6. The van der Waals surface area contributed by atoms with Gasteiger partial charge < -0.3 is 5.32 Å². The second kappa shape index (κ2) is 6.83. The molecule has 0 saturated carbocycles. The van der Waals surface area contributed by atoms with Crippen molar-refractivity contribution in [1.82, 2.24) is 5.32 Å². The lowest BCUT2D eigenvalue weighted by Crippen LogP contribution is -2.14. The number of rotatable bonds is 6. The molecule has 0 aliphatic heterocycles. The maximum atomic E-state index is 5.22. The number of fused-ring (bicyclic) bond motifs is 1. The molecule has 0 spiro atoms. The summed E-state index contributed by atoms with van der Waals surface area (Å²) in [5.74, 6) is 2.67. The molecule has 0 aliphatic carbocycles. The summed E-state index contributed by atoms with van der Waals surface area (Å²) in [4.78, 5) is 0. The predicted molar refractivity (Wildman–Crippen MR) is 78.3 cm³/mol. The Hall–Kier alpha value is -1.78. The van der Waals surface area contributed by atoms with Gasteiger partial charge in [-0.25, -0.2) is 0 Å². The average Bonchev–Trinajstić information content (AvgIpc) is 2.42. The fraction of sp³-hybridized carbons (Fsp3) is 0.294. The van der Waals surface area contributed by atoms with Gasteiger partial charge in [-0.05, 0) is 41.8 Å². The van der Waals surface area contributed by atoms with Gasteiger partial charge in [0.05, 0.1) is 0 Å². The molecule has 0 saturated heterocycles. The molecule has 0 aromatic heterocycles. The maximum absolute atomic E-state index is 5.22. The molecule has 1 nitrogen and oxygen atoms in total. The van der Waals surface area contributed by atoms with E-state index in [0.717, 1.165) is 32.4 Å². The third-order valence-corrected chi connectivity index (χ3v) is 3.07. The number of unbranched alkanes of at least 4 members (excludes halogenated alkanes) is 2. The molecule has 2 aromatic rings. The summed E-state index contributed by atoms with van der Waals surface area (Å²) in [5.41, 5.74) is 1.34. The molecule has 1 heteroatoms. The molecule has 18 heavy (non-hydrogen) atoms. The molecular formula is C17H19N. The highest BCUT2D eigenvalue weighted by Crippen LogP contribution is 2.15. The fourth-order valence-electron chi connectivity index (χ4n) is 2.06. The third kappa shape index (κ3) is 3.61. The summed E-state index contributed by atoms with van der Waals surface area (Å²) in [5, 5.41) is 6.07. The Bertz CT molecular complexity index is 537. The van der Waals surface area contributed by atoms with E-state index in [-0.39, 0.29) is 0 Å². The molecule has 1 N–H and O–H groups in total. The molecule has 2 aromatic carbocycles. The number of hydrogen-bond donors (Lipinski definition) is 1. The van der Waals surface area contributed by atoms with E-state index in [9.17, 15) is 0 Å². The molecule has 0 aliphatic rings. The van der Waals surface area contributed by atoms with Gasteiger partial charge in [0.15, 0.2) is 0 Å². The van der Waals surface area contributed by atoms with Gasteiger partial charge in [-0.2, -0.15) is 0 Å². The summed E-state index contributed by atoms with van der Waals surface area (Å²) in [7, 11) is 0. The van der Waals surface area contributed by atoms with E-state index in [1.54, 1.807) is 0 Å². The van der Waals surface area contributed by atoms with Gasteiger partial charge in [-0.15, -0.1) is 12.3 Å². The van der Waals surface area contributed by atoms with Gasteiger partial charge >= 0.3 is 0 Å². The Labute approximate surface area is 109 Å². The number of benzene rings is 2. The Balaban J connectivity index is 1.83. The highest BCUT2D eigenvalue weighted by Gasteiger charge is 1.95. The SMILES string of the molecule is C#CCCCCNCc1ccc2ccccc2c1. The molecule has 0 radical (unpaired) electrons. The monoisotopic (exact) mass is 237 g/mol. The van der Waals surface area contributed by atoms with Crippen molar-refractivity contribution in [1.29, 1.82) is 0 Å². The van der Waals surface area contributed by atoms with Crippen molar-refractivity contribution >= 4 is 10.8 Å². The van der Waals surface area contributed by atoms with Crippen LogP contribution >= 0.6 is 0 Å². The van der Waals surface area contributed by atoms with Crippen LogP contribution in [0.3, 0.4) is 0 Å². The average molecular weight is 237 g/mol. The van der Waals surface area contributed by atoms with Crippen molar-refractivity contribution < 1.29 is 0 Å². The number of nitrogens with one attached hydrogen (secondary N) is 1. The molecule has 0 atom stereocenters. The predicted octanol–water partition coefficient (Wildman–Crippen LogP) is 3.73. The van der Waals surface area contributed by atoms with Crippen LogP contribution in [0, 0.1) is 12.3 Å². The molecule has 2 rings (SSSR count). The lowest BCUT2D eigenvalue weighted by molar-refractivity contribution is 0.630. The summed E-state index contributed by atoms with van der Waals surface area (Å²) in [6, 6.07) is 15.1. The lowest BCUT2D eigenvalue weighted by atomic mass is 10.1. The van der Waals surface area contributed by atoms with Crippen molar-refractivity contribution in [2.24, 2.45) is 0 Å². The summed E-state index contributed by atoms with van der Waals surface area (Å²) in [6.07, 6.45) is 8.37. The molecule has 0 fully saturated rings. The van der Waals surface area contributed by atoms with Crippen LogP contribution in [0.5, 0.6) is 0 Å². The van der Waals surface area contributed by atoms with Crippen LogP contribution in [0.4, 0.5) is 0 Å². The van der Waals surface area contributed by atoms with Crippen LogP contribution in [0.15, 0.2) is 42.5 Å². The third-order valence-electron chi connectivity index (χ3n) is 3.07. The highest BCUT2D eigenvalue weighted by molar-refractivity contribution is 5.82. The van der Waals surface area contributed by atoms with E-state index in [1.807, 2.05) is 0 Å². The first-order chi connectivity index (χ1) is 8.90. The van der Waals surface area contributed by atoms with Gasteiger partial charge in [0.2, 0.25) is 0 Å². The summed E-state index contributed by atoms with van der Waals surface area (Å²) < 4.78 is 0. The smallest absolute Gasteiger partial charge is 0.0205 e. The zero-order valence-corrected chi connectivity index (χ0v) is 10.7. The molecule has 0 heterocycles. The highest BCUT2D eigenvalue weighted by atomic mass is 14.8. The van der Waals surface area contributed by atoms with Crippen LogP contribution in [0.2, 0.25) is 0 Å². The minimum absolute atomic E-state index is 0.887. The van der Waals surface area contributed by atoms with Crippen LogP contribution in [0.1, 0.15) is 24.8 Å². The van der Waals surface area contributed by atoms with Crippen LogP contribution in [-0.4, -0.2) is 6.54 Å². The van der Waals surface area contributed by atoms with Crippen molar-refractivity contribution in [2.75, 3.05) is 6.54 Å². The normalized spacial score (nSPS) is 10.4. The Kier molecular flexibility index (Phi) is 4.81. The van der Waals surface area contributed by atoms with Crippen LogP contribution in [0.25, 0.3) is 10.8 Å². The Morgan fingerprint density at radius 2 is 1.83 bits per heavy atom. The summed E-state index contributed by atoms with van der Waals surface area (Å²) in [6.45, 7) is 1.97. The van der Waals surface area contributed by atoms with Crippen LogP contribution in [-0.2, 0) is 6.54 Å². The molecule has 0 unspecified atom stereocenters. The van der Waals surface area contributed by atoms with E-state index in [4.69, 9.17) is 6.42 Å². The van der Waals surface area contributed by atoms with Crippen molar-refractivity contribution in [3.63, 3.8) is 0 Å². The quantitative estimate of drug-likeness (QED) is 0.596. The first kappa shape index (κ1) is 12.7. The summed E-state index contributed by atoms with van der Waals surface area (Å²) >= 11 is 0. The first-order valence-corrected chi connectivity index (χ1v) is 6.52. The fourth-order valence-corrected chi connectivity index (χ4v) is 2.06.